The third kappa shape index (κ3) is 5.98. The molecule has 1 aliphatic heterocycles. The van der Waals surface area contributed by atoms with Gasteiger partial charge in [0.05, 0.1) is 23.4 Å². The fourth-order valence-electron chi connectivity index (χ4n) is 3.10. The molecule has 0 saturated carbocycles. The minimum atomic E-state index is -1.10. The molecule has 0 spiro atoms. The summed E-state index contributed by atoms with van der Waals surface area (Å²) < 4.78 is 4.97. The summed E-state index contributed by atoms with van der Waals surface area (Å²) in [7, 11) is 0. The molecule has 2 N–H and O–H groups in total. The lowest BCUT2D eigenvalue weighted by Crippen LogP contribution is -2.45. The number of anilines is 1. The second-order valence-electron chi connectivity index (χ2n) is 6.99. The number of thioether (sulfide) groups is 1. The second-order valence-corrected chi connectivity index (χ2v) is 8.16. The number of rotatable bonds is 7. The molecule has 1 heterocycles. The van der Waals surface area contributed by atoms with Crippen molar-refractivity contribution in [3.8, 4) is 0 Å². The van der Waals surface area contributed by atoms with Crippen molar-refractivity contribution in [1.29, 1.82) is 0 Å². The molecule has 33 heavy (non-hydrogen) atoms. The maximum Gasteiger partial charge on any atom is 0.338 e. The number of nitrogens with one attached hydrogen (secondary N) is 1. The van der Waals surface area contributed by atoms with Gasteiger partial charge in [-0.2, -0.15) is 0 Å². The van der Waals surface area contributed by atoms with Crippen LogP contribution >= 0.6 is 11.8 Å². The number of aromatic carboxylic acids is 1. The number of amides is 2. The summed E-state index contributed by atoms with van der Waals surface area (Å²) in [6.07, 6.45) is -0.0101. The van der Waals surface area contributed by atoms with Crippen LogP contribution in [0, 0.1) is 0 Å². The number of nitrogens with zero attached hydrogens (tertiary/aromatic N) is 2. The van der Waals surface area contributed by atoms with E-state index >= 15 is 0 Å². The van der Waals surface area contributed by atoms with Gasteiger partial charge in [0, 0.05) is 18.7 Å². The third-order valence-electron chi connectivity index (χ3n) is 4.73. The summed E-state index contributed by atoms with van der Waals surface area (Å²) in [5, 5.41) is 11.4. The van der Waals surface area contributed by atoms with Crippen molar-refractivity contribution in [2.75, 3.05) is 18.5 Å². The number of aliphatic imine (C=N–C) groups is 1. The van der Waals surface area contributed by atoms with E-state index < -0.39 is 23.1 Å². The first kappa shape index (κ1) is 24.0. The Morgan fingerprint density at radius 3 is 2.52 bits per heavy atom. The predicted octanol–water partition coefficient (Wildman–Crippen LogP) is 3.54. The van der Waals surface area contributed by atoms with Crippen molar-refractivity contribution in [3.05, 3.63) is 59.7 Å². The van der Waals surface area contributed by atoms with Crippen molar-refractivity contribution in [1.82, 2.24) is 4.90 Å². The summed E-state index contributed by atoms with van der Waals surface area (Å²) in [6, 6.07) is 12.3. The van der Waals surface area contributed by atoms with Crippen LogP contribution in [0.15, 0.2) is 53.5 Å². The highest BCUT2D eigenvalue weighted by Gasteiger charge is 2.35. The van der Waals surface area contributed by atoms with Crippen LogP contribution in [0.4, 0.5) is 11.4 Å². The van der Waals surface area contributed by atoms with Gasteiger partial charge in [-0.3, -0.25) is 14.5 Å². The number of esters is 1. The Morgan fingerprint density at radius 1 is 1.15 bits per heavy atom. The van der Waals surface area contributed by atoms with E-state index in [1.807, 2.05) is 6.92 Å². The number of hydrogen-bond acceptors (Lipinski definition) is 7. The lowest BCUT2D eigenvalue weighted by Gasteiger charge is -2.30. The molecule has 0 bridgehead atoms. The molecule has 10 heteroatoms. The minimum Gasteiger partial charge on any atom is -0.478 e. The highest BCUT2D eigenvalue weighted by atomic mass is 32.2. The van der Waals surface area contributed by atoms with Crippen molar-refractivity contribution in [2.24, 2.45) is 4.99 Å². The number of hydrogen-bond donors (Lipinski definition) is 2. The molecule has 1 atom stereocenters. The molecule has 2 aromatic carbocycles. The molecule has 0 aliphatic carbocycles. The lowest BCUT2D eigenvalue weighted by molar-refractivity contribution is -0.129. The van der Waals surface area contributed by atoms with E-state index in [9.17, 15) is 19.2 Å². The molecular weight excluding hydrogens is 446 g/mol. The van der Waals surface area contributed by atoms with Gasteiger partial charge in [-0.15, -0.1) is 0 Å². The molecule has 1 saturated heterocycles. The fourth-order valence-corrected chi connectivity index (χ4v) is 4.26. The molecule has 1 aliphatic rings. The summed E-state index contributed by atoms with van der Waals surface area (Å²) in [6.45, 7) is 4.21. The van der Waals surface area contributed by atoms with Crippen LogP contribution in [0.1, 0.15) is 41.0 Å². The van der Waals surface area contributed by atoms with E-state index in [0.717, 1.165) is 11.8 Å². The quantitative estimate of drug-likeness (QED) is 0.594. The second kappa shape index (κ2) is 10.8. The van der Waals surface area contributed by atoms with Gasteiger partial charge >= 0.3 is 11.9 Å². The first-order chi connectivity index (χ1) is 15.8. The Kier molecular flexibility index (Phi) is 7.83. The Morgan fingerprint density at radius 2 is 1.88 bits per heavy atom. The van der Waals surface area contributed by atoms with Crippen LogP contribution in [0.5, 0.6) is 0 Å². The predicted molar refractivity (Wildman–Crippen MR) is 125 cm³/mol. The third-order valence-corrected chi connectivity index (χ3v) is 5.92. The van der Waals surface area contributed by atoms with Crippen molar-refractivity contribution in [2.45, 2.75) is 25.5 Å². The van der Waals surface area contributed by atoms with Gasteiger partial charge in [-0.05, 0) is 56.3 Å². The Bertz CT molecular complexity index is 1100. The zero-order chi connectivity index (χ0) is 24.0. The zero-order valence-corrected chi connectivity index (χ0v) is 18.9. The number of ether oxygens (including phenoxy) is 1. The first-order valence-corrected chi connectivity index (χ1v) is 11.2. The number of carboxylic acid groups (broad SMARTS) is 1. The molecule has 2 amide bonds. The maximum absolute atomic E-state index is 12.8. The average Bonchev–Trinajstić information content (AvgIpc) is 2.79. The van der Waals surface area contributed by atoms with Crippen molar-refractivity contribution in [3.63, 3.8) is 0 Å². The van der Waals surface area contributed by atoms with E-state index in [4.69, 9.17) is 9.84 Å². The van der Waals surface area contributed by atoms with Gasteiger partial charge in [0.2, 0.25) is 11.8 Å². The number of amidine groups is 1. The van der Waals surface area contributed by atoms with Crippen molar-refractivity contribution >= 4 is 52.1 Å². The van der Waals surface area contributed by atoms with Crippen LogP contribution in [0.3, 0.4) is 0 Å². The topological polar surface area (TPSA) is 125 Å². The number of carbonyl (C=O) groups is 4. The zero-order valence-electron chi connectivity index (χ0n) is 18.1. The largest absolute Gasteiger partial charge is 0.478 e. The molecule has 0 radical (unpaired) electrons. The van der Waals surface area contributed by atoms with Crippen LogP contribution in [0.2, 0.25) is 0 Å². The van der Waals surface area contributed by atoms with E-state index in [2.05, 4.69) is 10.3 Å². The standard InChI is InChI=1S/C23H23N3O6S/c1-3-26-19(27)13-18(20(28)24-17-7-5-6-15(12-17)21(29)30)33-23(26)25-16-10-8-14(9-11-16)22(31)32-4-2/h5-12,18H,3-4,13H2,1-2H3,(H,24,28)(H,29,30). The van der Waals surface area contributed by atoms with Crippen LogP contribution in [-0.4, -0.2) is 57.3 Å². The summed E-state index contributed by atoms with van der Waals surface area (Å²) in [5.41, 5.74) is 1.29. The van der Waals surface area contributed by atoms with E-state index in [-0.39, 0.29) is 24.5 Å². The van der Waals surface area contributed by atoms with Gasteiger partial charge in [0.15, 0.2) is 5.17 Å². The highest BCUT2D eigenvalue weighted by molar-refractivity contribution is 8.15. The van der Waals surface area contributed by atoms with Gasteiger partial charge in [0.25, 0.3) is 0 Å². The summed E-state index contributed by atoms with van der Waals surface area (Å²) in [5.74, 6) is -2.19. The lowest BCUT2D eigenvalue weighted by atomic mass is 10.2. The average molecular weight is 470 g/mol. The summed E-state index contributed by atoms with van der Waals surface area (Å²) >= 11 is 1.15. The van der Waals surface area contributed by atoms with Gasteiger partial charge < -0.3 is 15.2 Å². The smallest absolute Gasteiger partial charge is 0.338 e. The van der Waals surface area contributed by atoms with Crippen LogP contribution in [0.25, 0.3) is 0 Å². The maximum atomic E-state index is 12.8. The molecule has 0 aromatic heterocycles. The number of carbonyl (C=O) groups excluding carboxylic acids is 3. The first-order valence-electron chi connectivity index (χ1n) is 10.3. The fraction of sp³-hybridized carbons (Fsp3) is 0.261. The van der Waals surface area contributed by atoms with Crippen LogP contribution in [-0.2, 0) is 14.3 Å². The molecule has 1 fully saturated rings. The normalized spacial score (nSPS) is 17.0. The molecule has 3 rings (SSSR count). The molecular formula is C23H23N3O6S. The highest BCUT2D eigenvalue weighted by Crippen LogP contribution is 2.30. The molecule has 172 valence electrons. The minimum absolute atomic E-state index is 0.0101. The van der Waals surface area contributed by atoms with E-state index in [1.165, 1.54) is 23.1 Å². The van der Waals surface area contributed by atoms with Crippen molar-refractivity contribution < 1.29 is 29.0 Å². The number of benzene rings is 2. The molecule has 9 nitrogen and oxygen atoms in total. The van der Waals surface area contributed by atoms with Gasteiger partial charge in [-0.1, -0.05) is 17.8 Å². The Hall–Kier alpha value is -3.66. The summed E-state index contributed by atoms with van der Waals surface area (Å²) in [4.78, 5) is 54.5. The Labute approximate surface area is 194 Å². The molecule has 2 aromatic rings. The number of carboxylic acids is 1. The van der Waals surface area contributed by atoms with E-state index in [0.29, 0.717) is 28.7 Å². The van der Waals surface area contributed by atoms with Crippen LogP contribution < -0.4 is 5.32 Å². The monoisotopic (exact) mass is 469 g/mol. The Balaban J connectivity index is 1.78. The molecule has 1 unspecified atom stereocenters. The van der Waals surface area contributed by atoms with Gasteiger partial charge in [0.1, 0.15) is 5.25 Å². The SMILES string of the molecule is CCOC(=O)c1ccc(N=C2SC(C(=O)Nc3cccc(C(=O)O)c3)CC(=O)N2CC)cc1. The van der Waals surface area contributed by atoms with Gasteiger partial charge in [-0.25, -0.2) is 14.6 Å². The van der Waals surface area contributed by atoms with E-state index in [1.54, 1.807) is 37.3 Å².